The molecule has 0 saturated heterocycles. The third kappa shape index (κ3) is 5.30. The number of hydrogen-bond donors (Lipinski definition) is 0. The van der Waals surface area contributed by atoms with E-state index in [0.29, 0.717) is 0 Å². The van der Waals surface area contributed by atoms with Crippen molar-refractivity contribution in [3.63, 3.8) is 0 Å². The molecule has 0 saturated carbocycles. The average molecular weight is 785 g/mol. The number of aromatic nitrogens is 2. The van der Waals surface area contributed by atoms with Crippen molar-refractivity contribution in [1.82, 2.24) is 9.97 Å². The fourth-order valence-corrected chi connectivity index (χ4v) is 10.1. The maximum absolute atomic E-state index is 5.29. The van der Waals surface area contributed by atoms with Gasteiger partial charge in [0.05, 0.1) is 22.4 Å². The number of benzene rings is 10. The van der Waals surface area contributed by atoms with Gasteiger partial charge < -0.3 is 0 Å². The van der Waals surface area contributed by atoms with Crippen LogP contribution in [0.2, 0.25) is 0 Å². The van der Waals surface area contributed by atoms with Crippen LogP contribution in [-0.2, 0) is 0 Å². The molecular formula is C60H36N2. The van der Waals surface area contributed by atoms with Gasteiger partial charge in [0.1, 0.15) is 0 Å². The first kappa shape index (κ1) is 34.6. The summed E-state index contributed by atoms with van der Waals surface area (Å²) in [6.07, 6.45) is 0. The Morgan fingerprint density at radius 2 is 0.710 bits per heavy atom. The van der Waals surface area contributed by atoms with Gasteiger partial charge in [-0.2, -0.15) is 0 Å². The van der Waals surface area contributed by atoms with Gasteiger partial charge in [0.15, 0.2) is 0 Å². The lowest BCUT2D eigenvalue weighted by molar-refractivity contribution is 1.37. The quantitative estimate of drug-likeness (QED) is 0.162. The topological polar surface area (TPSA) is 25.8 Å². The van der Waals surface area contributed by atoms with Crippen molar-refractivity contribution in [3.05, 3.63) is 218 Å². The van der Waals surface area contributed by atoms with Crippen molar-refractivity contribution in [2.45, 2.75) is 0 Å². The van der Waals surface area contributed by atoms with Gasteiger partial charge in [-0.3, -0.25) is 0 Å². The molecule has 2 heteroatoms. The molecule has 0 radical (unpaired) electrons. The molecule has 0 fully saturated rings. The van der Waals surface area contributed by atoms with Crippen LogP contribution in [-0.4, -0.2) is 9.97 Å². The van der Waals surface area contributed by atoms with Gasteiger partial charge in [0, 0.05) is 21.9 Å². The fraction of sp³-hybridized carbons (Fsp3) is 0. The van der Waals surface area contributed by atoms with Crippen LogP contribution in [0, 0.1) is 0 Å². The van der Waals surface area contributed by atoms with Gasteiger partial charge in [-0.1, -0.05) is 200 Å². The first-order valence-corrected chi connectivity index (χ1v) is 21.3. The molecule has 0 amide bonds. The SMILES string of the molecule is c1ccc(-c2c3c(c(-c4ccccc4)c4ccccc24)-c2ccc(-c4ccc(-c5ccc6ccc7ccc(-c8ccc9ccccc9c8)nc7c6n5)cc4)c4cccc-3c24)cc1. The lowest BCUT2D eigenvalue weighted by Crippen LogP contribution is -1.93. The second kappa shape index (κ2) is 13.7. The first-order chi connectivity index (χ1) is 30.7. The number of pyridine rings is 2. The Bertz CT molecular complexity index is 3680. The molecule has 2 aromatic heterocycles. The summed E-state index contributed by atoms with van der Waals surface area (Å²) < 4.78 is 0. The molecule has 62 heavy (non-hydrogen) atoms. The van der Waals surface area contributed by atoms with E-state index in [2.05, 4.69) is 218 Å². The molecule has 0 unspecified atom stereocenters. The summed E-state index contributed by atoms with van der Waals surface area (Å²) in [5.41, 5.74) is 18.5. The zero-order valence-corrected chi connectivity index (χ0v) is 33.7. The second-order valence-corrected chi connectivity index (χ2v) is 16.4. The van der Waals surface area contributed by atoms with Crippen molar-refractivity contribution in [2.24, 2.45) is 0 Å². The first-order valence-electron chi connectivity index (χ1n) is 21.3. The summed E-state index contributed by atoms with van der Waals surface area (Å²) in [6.45, 7) is 0. The van der Waals surface area contributed by atoms with E-state index in [-0.39, 0.29) is 0 Å². The normalized spacial score (nSPS) is 11.9. The molecule has 12 aromatic rings. The summed E-state index contributed by atoms with van der Waals surface area (Å²) in [5, 5.41) is 9.70. The summed E-state index contributed by atoms with van der Waals surface area (Å²) in [5.74, 6) is 0. The molecular weight excluding hydrogens is 749 g/mol. The van der Waals surface area contributed by atoms with Gasteiger partial charge in [-0.25, -0.2) is 9.97 Å². The third-order valence-electron chi connectivity index (χ3n) is 13.0. The molecule has 0 spiro atoms. The van der Waals surface area contributed by atoms with Crippen LogP contribution in [0.1, 0.15) is 0 Å². The van der Waals surface area contributed by atoms with Crippen molar-refractivity contribution in [3.8, 4) is 78.1 Å². The maximum Gasteiger partial charge on any atom is 0.0972 e. The number of nitrogens with zero attached hydrogens (tertiary/aromatic N) is 2. The standard InChI is InChI=1S/C60H36N2/c1-3-13-40(14-4-1)54-48-18-9-10-19-49(48)55(41-15-5-2-6-16-41)58-51-33-32-46(47-20-11-21-50(56(47)51)57(54)58)38-23-25-39(26-24-38)52-34-30-42-27-28-43-31-35-53(62-60(43)59(42)61-52)45-29-22-37-12-7-8-17-44(37)36-45/h1-36H. The van der Waals surface area contributed by atoms with E-state index in [1.54, 1.807) is 0 Å². The van der Waals surface area contributed by atoms with Gasteiger partial charge in [0.2, 0.25) is 0 Å². The second-order valence-electron chi connectivity index (χ2n) is 16.4. The number of fused-ring (bicyclic) bond motifs is 8. The minimum Gasteiger partial charge on any atom is -0.245 e. The molecule has 0 bridgehead atoms. The van der Waals surface area contributed by atoms with Crippen molar-refractivity contribution >= 4 is 54.1 Å². The summed E-state index contributed by atoms with van der Waals surface area (Å²) in [7, 11) is 0. The highest BCUT2D eigenvalue weighted by Gasteiger charge is 2.31. The smallest absolute Gasteiger partial charge is 0.0972 e. The monoisotopic (exact) mass is 784 g/mol. The average Bonchev–Trinajstić information content (AvgIpc) is 3.68. The van der Waals surface area contributed by atoms with Crippen LogP contribution < -0.4 is 0 Å². The molecule has 286 valence electrons. The summed E-state index contributed by atoms with van der Waals surface area (Å²) >= 11 is 0. The molecule has 0 atom stereocenters. The Morgan fingerprint density at radius 1 is 0.242 bits per heavy atom. The maximum atomic E-state index is 5.29. The van der Waals surface area contributed by atoms with Crippen molar-refractivity contribution < 1.29 is 0 Å². The van der Waals surface area contributed by atoms with Gasteiger partial charge in [0.25, 0.3) is 0 Å². The van der Waals surface area contributed by atoms with Crippen LogP contribution >= 0.6 is 0 Å². The van der Waals surface area contributed by atoms with Gasteiger partial charge in [-0.05, 0) is 106 Å². The molecule has 10 aromatic carbocycles. The van der Waals surface area contributed by atoms with E-state index in [9.17, 15) is 0 Å². The van der Waals surface area contributed by atoms with Crippen LogP contribution in [0.3, 0.4) is 0 Å². The Morgan fingerprint density at radius 3 is 1.35 bits per heavy atom. The minimum atomic E-state index is 0.913. The Kier molecular flexibility index (Phi) is 7.64. The predicted molar refractivity (Wildman–Crippen MR) is 261 cm³/mol. The Labute approximate surface area is 359 Å². The highest BCUT2D eigenvalue weighted by atomic mass is 14.8. The summed E-state index contributed by atoms with van der Waals surface area (Å²) in [4.78, 5) is 10.5. The largest absolute Gasteiger partial charge is 0.245 e. The van der Waals surface area contributed by atoms with E-state index in [1.807, 2.05) is 0 Å². The van der Waals surface area contributed by atoms with Crippen LogP contribution in [0.5, 0.6) is 0 Å². The predicted octanol–water partition coefficient (Wildman–Crippen LogP) is 16.2. The number of hydrogen-bond acceptors (Lipinski definition) is 2. The minimum absolute atomic E-state index is 0.913. The Hall–Kier alpha value is -8.20. The lowest BCUT2D eigenvalue weighted by Gasteiger charge is -2.20. The lowest BCUT2D eigenvalue weighted by atomic mass is 9.82. The molecule has 0 N–H and O–H groups in total. The molecule has 2 heterocycles. The molecule has 1 aliphatic carbocycles. The summed E-state index contributed by atoms with van der Waals surface area (Å²) in [6, 6.07) is 79.2. The van der Waals surface area contributed by atoms with Crippen LogP contribution in [0.4, 0.5) is 0 Å². The molecule has 13 rings (SSSR count). The zero-order valence-electron chi connectivity index (χ0n) is 33.7. The highest BCUT2D eigenvalue weighted by molar-refractivity contribution is 6.28. The van der Waals surface area contributed by atoms with Gasteiger partial charge in [-0.15, -0.1) is 0 Å². The van der Waals surface area contributed by atoms with E-state index < -0.39 is 0 Å². The molecule has 1 aliphatic rings. The van der Waals surface area contributed by atoms with E-state index in [4.69, 9.17) is 9.97 Å². The van der Waals surface area contributed by atoms with Crippen LogP contribution in [0.15, 0.2) is 218 Å². The fourth-order valence-electron chi connectivity index (χ4n) is 10.1. The number of rotatable bonds is 5. The van der Waals surface area contributed by atoms with E-state index >= 15 is 0 Å². The highest BCUT2D eigenvalue weighted by Crippen LogP contribution is 2.58. The van der Waals surface area contributed by atoms with Crippen molar-refractivity contribution in [2.75, 3.05) is 0 Å². The van der Waals surface area contributed by atoms with E-state index in [1.165, 1.54) is 88.0 Å². The van der Waals surface area contributed by atoms with Gasteiger partial charge >= 0.3 is 0 Å². The van der Waals surface area contributed by atoms with Crippen molar-refractivity contribution in [1.29, 1.82) is 0 Å². The van der Waals surface area contributed by atoms with E-state index in [0.717, 1.165) is 44.3 Å². The third-order valence-corrected chi connectivity index (χ3v) is 13.0. The Balaban J connectivity index is 0.937. The zero-order chi connectivity index (χ0) is 40.7. The molecule has 0 aliphatic heterocycles. The molecule has 2 nitrogen and oxygen atoms in total. The van der Waals surface area contributed by atoms with Crippen LogP contribution in [0.25, 0.3) is 132 Å².